The number of hydrogen-bond donors (Lipinski definition) is 1. The monoisotopic (exact) mass is 282 g/mol. The van der Waals surface area contributed by atoms with E-state index in [1.807, 2.05) is 18.2 Å². The predicted octanol–water partition coefficient (Wildman–Crippen LogP) is 2.25. The minimum absolute atomic E-state index is 0.483. The Hall–Kier alpha value is -2.32. The van der Waals surface area contributed by atoms with Crippen molar-refractivity contribution in [3.05, 3.63) is 30.7 Å². The molecule has 0 unspecified atom stereocenters. The zero-order valence-electron chi connectivity index (χ0n) is 11.8. The van der Waals surface area contributed by atoms with Gasteiger partial charge in [0.25, 0.3) is 0 Å². The van der Waals surface area contributed by atoms with E-state index in [2.05, 4.69) is 32.4 Å². The maximum absolute atomic E-state index is 5.35. The molecule has 1 N–H and O–H groups in total. The summed E-state index contributed by atoms with van der Waals surface area (Å²) >= 11 is 0. The van der Waals surface area contributed by atoms with Crippen molar-refractivity contribution in [1.29, 1.82) is 0 Å². The highest BCUT2D eigenvalue weighted by Crippen LogP contribution is 2.22. The molecule has 0 radical (unpaired) electrons. The molecule has 0 saturated carbocycles. The number of terminal acetylenes is 1. The summed E-state index contributed by atoms with van der Waals surface area (Å²) < 4.78 is 5.23. The highest BCUT2D eigenvalue weighted by molar-refractivity contribution is 5.61. The molecular formula is C16H18N4O. The number of rotatable bonds is 4. The molecule has 1 aromatic heterocycles. The number of aromatic nitrogens is 2. The van der Waals surface area contributed by atoms with E-state index in [0.29, 0.717) is 11.9 Å². The number of benzene rings is 1. The van der Waals surface area contributed by atoms with Crippen LogP contribution in [0.5, 0.6) is 0 Å². The van der Waals surface area contributed by atoms with E-state index in [-0.39, 0.29) is 0 Å². The van der Waals surface area contributed by atoms with Gasteiger partial charge in [-0.15, -0.1) is 16.6 Å². The van der Waals surface area contributed by atoms with Crippen LogP contribution in [0.3, 0.4) is 0 Å². The molecule has 21 heavy (non-hydrogen) atoms. The van der Waals surface area contributed by atoms with E-state index in [9.17, 15) is 0 Å². The molecule has 1 aliphatic rings. The maximum Gasteiger partial charge on any atom is 0.247 e. The van der Waals surface area contributed by atoms with Crippen molar-refractivity contribution in [2.24, 2.45) is 0 Å². The lowest BCUT2D eigenvalue weighted by Gasteiger charge is -2.31. The molecule has 2 heterocycles. The van der Waals surface area contributed by atoms with Crippen LogP contribution >= 0.6 is 0 Å². The van der Waals surface area contributed by atoms with Crippen LogP contribution in [0.25, 0.3) is 11.5 Å². The smallest absolute Gasteiger partial charge is 0.247 e. The third-order valence-corrected chi connectivity index (χ3v) is 3.74. The van der Waals surface area contributed by atoms with Crippen molar-refractivity contribution in [2.75, 3.05) is 25.0 Å². The lowest BCUT2D eigenvalue weighted by molar-refractivity contribution is 0.243. The van der Waals surface area contributed by atoms with Crippen molar-refractivity contribution in [3.8, 4) is 23.8 Å². The van der Waals surface area contributed by atoms with Crippen LogP contribution in [0.2, 0.25) is 0 Å². The Morgan fingerprint density at radius 3 is 2.95 bits per heavy atom. The van der Waals surface area contributed by atoms with Crippen LogP contribution in [0.1, 0.15) is 12.8 Å². The number of nitrogens with zero attached hydrogens (tertiary/aromatic N) is 3. The number of anilines is 1. The fourth-order valence-electron chi connectivity index (χ4n) is 2.64. The quantitative estimate of drug-likeness (QED) is 0.872. The molecule has 5 heteroatoms. The molecule has 0 atom stereocenters. The highest BCUT2D eigenvalue weighted by atomic mass is 16.4. The Morgan fingerprint density at radius 2 is 2.24 bits per heavy atom. The van der Waals surface area contributed by atoms with Gasteiger partial charge in [-0.05, 0) is 31.0 Å². The molecule has 1 fully saturated rings. The van der Waals surface area contributed by atoms with Gasteiger partial charge in [0, 0.05) is 30.4 Å². The SMILES string of the molecule is C#CCN1CCC(Nc2cccc(-c3nnco3)c2)CC1. The van der Waals surface area contributed by atoms with Gasteiger partial charge < -0.3 is 9.73 Å². The summed E-state index contributed by atoms with van der Waals surface area (Å²) in [5.74, 6) is 3.25. The van der Waals surface area contributed by atoms with E-state index >= 15 is 0 Å². The summed E-state index contributed by atoms with van der Waals surface area (Å²) in [6, 6.07) is 8.55. The van der Waals surface area contributed by atoms with Gasteiger partial charge in [0.1, 0.15) is 0 Å². The Labute approximate surface area is 124 Å². The van der Waals surface area contributed by atoms with E-state index in [0.717, 1.165) is 43.7 Å². The van der Waals surface area contributed by atoms with Gasteiger partial charge in [-0.2, -0.15) is 0 Å². The van der Waals surface area contributed by atoms with Crippen molar-refractivity contribution in [2.45, 2.75) is 18.9 Å². The Kier molecular flexibility index (Phi) is 4.17. The van der Waals surface area contributed by atoms with Crippen LogP contribution in [-0.4, -0.2) is 40.8 Å². The first-order valence-corrected chi connectivity index (χ1v) is 7.14. The fraction of sp³-hybridized carbons (Fsp3) is 0.375. The first kappa shape index (κ1) is 13.7. The number of likely N-dealkylation sites (tertiary alicyclic amines) is 1. The van der Waals surface area contributed by atoms with Crippen molar-refractivity contribution in [3.63, 3.8) is 0 Å². The summed E-state index contributed by atoms with van der Waals surface area (Å²) in [6.45, 7) is 2.84. The molecule has 2 aromatic rings. The second-order valence-corrected chi connectivity index (χ2v) is 5.22. The molecule has 0 aliphatic carbocycles. The minimum Gasteiger partial charge on any atom is -0.423 e. The highest BCUT2D eigenvalue weighted by Gasteiger charge is 2.18. The van der Waals surface area contributed by atoms with Gasteiger partial charge in [-0.3, -0.25) is 4.90 Å². The van der Waals surface area contributed by atoms with Crippen LogP contribution in [0.15, 0.2) is 35.1 Å². The summed E-state index contributed by atoms with van der Waals surface area (Å²) in [5, 5.41) is 11.2. The third-order valence-electron chi connectivity index (χ3n) is 3.74. The van der Waals surface area contributed by atoms with E-state index in [1.165, 1.54) is 6.39 Å². The van der Waals surface area contributed by atoms with Crippen LogP contribution in [-0.2, 0) is 0 Å². The molecule has 5 nitrogen and oxygen atoms in total. The van der Waals surface area contributed by atoms with Crippen LogP contribution < -0.4 is 5.32 Å². The molecule has 0 amide bonds. The second-order valence-electron chi connectivity index (χ2n) is 5.22. The summed E-state index contributed by atoms with van der Waals surface area (Å²) in [6.07, 6.45) is 8.90. The van der Waals surface area contributed by atoms with Gasteiger partial charge in [-0.1, -0.05) is 12.0 Å². The number of nitrogens with one attached hydrogen (secondary N) is 1. The standard InChI is InChI=1S/C16H18N4O/c1-2-8-20-9-6-14(7-10-20)18-15-5-3-4-13(11-15)16-19-17-12-21-16/h1,3-5,11-12,14,18H,6-10H2. The Balaban J connectivity index is 1.61. The topological polar surface area (TPSA) is 54.2 Å². The minimum atomic E-state index is 0.483. The lowest BCUT2D eigenvalue weighted by atomic mass is 10.0. The third kappa shape index (κ3) is 3.41. The number of hydrogen-bond acceptors (Lipinski definition) is 5. The maximum atomic E-state index is 5.35. The zero-order valence-corrected chi connectivity index (χ0v) is 11.8. The predicted molar refractivity (Wildman–Crippen MR) is 81.7 cm³/mol. The Bertz CT molecular complexity index is 609. The average Bonchev–Trinajstić information content (AvgIpc) is 3.04. The average molecular weight is 282 g/mol. The fourth-order valence-corrected chi connectivity index (χ4v) is 2.64. The second kappa shape index (κ2) is 6.42. The van der Waals surface area contributed by atoms with Crippen LogP contribution in [0.4, 0.5) is 5.69 Å². The van der Waals surface area contributed by atoms with Gasteiger partial charge in [0.15, 0.2) is 0 Å². The van der Waals surface area contributed by atoms with Crippen molar-refractivity contribution in [1.82, 2.24) is 15.1 Å². The number of piperidine rings is 1. The molecule has 3 rings (SSSR count). The zero-order chi connectivity index (χ0) is 14.5. The molecule has 108 valence electrons. The van der Waals surface area contributed by atoms with E-state index in [4.69, 9.17) is 10.8 Å². The summed E-state index contributed by atoms with van der Waals surface area (Å²) in [7, 11) is 0. The van der Waals surface area contributed by atoms with E-state index < -0.39 is 0 Å². The van der Waals surface area contributed by atoms with Crippen LogP contribution in [0, 0.1) is 12.3 Å². The molecule has 1 aliphatic heterocycles. The molecule has 1 saturated heterocycles. The largest absolute Gasteiger partial charge is 0.423 e. The van der Waals surface area contributed by atoms with Gasteiger partial charge >= 0.3 is 0 Å². The van der Waals surface area contributed by atoms with Gasteiger partial charge in [0.2, 0.25) is 12.3 Å². The molecule has 1 aromatic carbocycles. The molecular weight excluding hydrogens is 264 g/mol. The normalized spacial score (nSPS) is 16.5. The summed E-state index contributed by atoms with van der Waals surface area (Å²) in [4.78, 5) is 2.31. The van der Waals surface area contributed by atoms with Gasteiger partial charge in [0.05, 0.1) is 6.54 Å². The lowest BCUT2D eigenvalue weighted by Crippen LogP contribution is -2.39. The van der Waals surface area contributed by atoms with Gasteiger partial charge in [-0.25, -0.2) is 0 Å². The van der Waals surface area contributed by atoms with Crippen molar-refractivity contribution >= 4 is 5.69 Å². The Morgan fingerprint density at radius 1 is 1.38 bits per heavy atom. The first-order valence-electron chi connectivity index (χ1n) is 7.14. The summed E-state index contributed by atoms with van der Waals surface area (Å²) in [5.41, 5.74) is 2.02. The first-order chi connectivity index (χ1) is 10.3. The molecule has 0 bridgehead atoms. The van der Waals surface area contributed by atoms with E-state index in [1.54, 1.807) is 0 Å². The van der Waals surface area contributed by atoms with Crippen molar-refractivity contribution < 1.29 is 4.42 Å². The molecule has 0 spiro atoms.